The summed E-state index contributed by atoms with van der Waals surface area (Å²) in [6.45, 7) is 4.97. The summed E-state index contributed by atoms with van der Waals surface area (Å²) in [6.07, 6.45) is 0.497. The maximum atomic E-state index is 11.1. The van der Waals surface area contributed by atoms with Gasteiger partial charge >= 0.3 is 0 Å². The lowest BCUT2D eigenvalue weighted by Crippen LogP contribution is -2.32. The molecule has 0 unspecified atom stereocenters. The average Bonchev–Trinajstić information content (AvgIpc) is 2.15. The molecule has 3 heteroatoms. The molecule has 0 heterocycles. The van der Waals surface area contributed by atoms with Crippen LogP contribution in [0.1, 0.15) is 38.8 Å². The molecule has 0 radical (unpaired) electrons. The molecule has 1 atom stereocenters. The number of amides is 1. The molecule has 0 aliphatic heterocycles. The average molecular weight is 221 g/mol. The van der Waals surface area contributed by atoms with Gasteiger partial charge in [0.05, 0.1) is 11.6 Å². The van der Waals surface area contributed by atoms with Crippen LogP contribution in [-0.2, 0) is 4.79 Å². The summed E-state index contributed by atoms with van der Waals surface area (Å²) in [5.74, 6) is -0.0851. The molecule has 1 aromatic rings. The van der Waals surface area contributed by atoms with Gasteiger partial charge in [0, 0.05) is 6.92 Å². The number of benzene rings is 1. The standard InChI is InChI=1S/C13H19NO2/c1-10(15)14-12(9-13(2,3)16)11-7-5-4-6-8-11/h4-8,12,16H,9H2,1-3H3,(H,14,15)/t12-/m1/s1. The highest BCUT2D eigenvalue weighted by Crippen LogP contribution is 2.23. The Bertz CT molecular complexity index is 341. The van der Waals surface area contributed by atoms with E-state index < -0.39 is 5.60 Å². The number of nitrogens with one attached hydrogen (secondary N) is 1. The van der Waals surface area contributed by atoms with Gasteiger partial charge in [0.25, 0.3) is 0 Å². The smallest absolute Gasteiger partial charge is 0.217 e. The molecular formula is C13H19NO2. The van der Waals surface area contributed by atoms with Crippen molar-refractivity contribution in [2.75, 3.05) is 0 Å². The van der Waals surface area contributed by atoms with E-state index in [1.54, 1.807) is 13.8 Å². The summed E-state index contributed by atoms with van der Waals surface area (Å²) in [5.41, 5.74) is 0.211. The molecule has 0 spiro atoms. The van der Waals surface area contributed by atoms with Gasteiger partial charge in [-0.25, -0.2) is 0 Å². The first-order valence-corrected chi connectivity index (χ1v) is 5.43. The van der Waals surface area contributed by atoms with E-state index in [-0.39, 0.29) is 11.9 Å². The maximum Gasteiger partial charge on any atom is 0.217 e. The van der Waals surface area contributed by atoms with Gasteiger partial charge in [-0.3, -0.25) is 4.79 Å². The molecule has 0 aliphatic rings. The van der Waals surface area contributed by atoms with Crippen LogP contribution >= 0.6 is 0 Å². The molecular weight excluding hydrogens is 202 g/mol. The minimum absolute atomic E-state index is 0.0851. The highest BCUT2D eigenvalue weighted by atomic mass is 16.3. The Labute approximate surface area is 96.5 Å². The lowest BCUT2D eigenvalue weighted by Gasteiger charge is -2.25. The SMILES string of the molecule is CC(=O)N[C@H](CC(C)(C)O)c1ccccc1. The fraction of sp³-hybridized carbons (Fsp3) is 0.462. The topological polar surface area (TPSA) is 49.3 Å². The lowest BCUT2D eigenvalue weighted by atomic mass is 9.94. The quantitative estimate of drug-likeness (QED) is 0.817. The van der Waals surface area contributed by atoms with Crippen molar-refractivity contribution in [3.8, 4) is 0 Å². The fourth-order valence-electron chi connectivity index (χ4n) is 1.68. The van der Waals surface area contributed by atoms with Gasteiger partial charge in [-0.05, 0) is 25.8 Å². The largest absolute Gasteiger partial charge is 0.390 e. The van der Waals surface area contributed by atoms with E-state index in [4.69, 9.17) is 0 Å². The maximum absolute atomic E-state index is 11.1. The number of carbonyl (C=O) groups excluding carboxylic acids is 1. The van der Waals surface area contributed by atoms with Gasteiger partial charge in [0.1, 0.15) is 0 Å². The van der Waals surface area contributed by atoms with Crippen molar-refractivity contribution in [3.63, 3.8) is 0 Å². The molecule has 88 valence electrons. The van der Waals surface area contributed by atoms with Crippen LogP contribution in [0.15, 0.2) is 30.3 Å². The molecule has 16 heavy (non-hydrogen) atoms. The Kier molecular flexibility index (Phi) is 4.07. The predicted octanol–water partition coefficient (Wildman–Crippen LogP) is 2.02. The van der Waals surface area contributed by atoms with E-state index in [2.05, 4.69) is 5.32 Å². The van der Waals surface area contributed by atoms with Crippen LogP contribution in [0.3, 0.4) is 0 Å². The first-order valence-electron chi connectivity index (χ1n) is 5.43. The highest BCUT2D eigenvalue weighted by Gasteiger charge is 2.22. The molecule has 3 nitrogen and oxygen atoms in total. The van der Waals surface area contributed by atoms with E-state index in [0.717, 1.165) is 5.56 Å². The molecule has 1 amide bonds. The van der Waals surface area contributed by atoms with Crippen LogP contribution in [0.2, 0.25) is 0 Å². The second-order valence-electron chi connectivity index (χ2n) is 4.68. The molecule has 2 N–H and O–H groups in total. The Hall–Kier alpha value is -1.35. The van der Waals surface area contributed by atoms with Crippen LogP contribution in [0.5, 0.6) is 0 Å². The van der Waals surface area contributed by atoms with Crippen molar-refractivity contribution in [2.45, 2.75) is 38.8 Å². The zero-order valence-electron chi connectivity index (χ0n) is 10.0. The van der Waals surface area contributed by atoms with Crippen molar-refractivity contribution in [1.29, 1.82) is 0 Å². The molecule has 0 aliphatic carbocycles. The summed E-state index contributed by atoms with van der Waals surface area (Å²) in [6, 6.07) is 9.54. The van der Waals surface area contributed by atoms with E-state index in [0.29, 0.717) is 6.42 Å². The van der Waals surface area contributed by atoms with Gasteiger partial charge < -0.3 is 10.4 Å². The van der Waals surface area contributed by atoms with E-state index in [9.17, 15) is 9.90 Å². The zero-order valence-corrected chi connectivity index (χ0v) is 10.0. The second kappa shape index (κ2) is 5.12. The minimum atomic E-state index is -0.803. The molecule has 0 aromatic heterocycles. The lowest BCUT2D eigenvalue weighted by molar-refractivity contribution is -0.120. The first kappa shape index (κ1) is 12.7. The molecule has 0 saturated carbocycles. The van der Waals surface area contributed by atoms with Gasteiger partial charge in [-0.15, -0.1) is 0 Å². The number of rotatable bonds is 4. The molecule has 0 bridgehead atoms. The van der Waals surface area contributed by atoms with Crippen LogP contribution in [0.25, 0.3) is 0 Å². The van der Waals surface area contributed by atoms with Crippen molar-refractivity contribution in [1.82, 2.24) is 5.32 Å². The number of carbonyl (C=O) groups is 1. The van der Waals surface area contributed by atoms with Gasteiger partial charge in [0.15, 0.2) is 0 Å². The summed E-state index contributed by atoms with van der Waals surface area (Å²) in [5, 5.41) is 12.7. The minimum Gasteiger partial charge on any atom is -0.390 e. The van der Waals surface area contributed by atoms with E-state index in [1.165, 1.54) is 6.92 Å². The monoisotopic (exact) mass is 221 g/mol. The molecule has 0 fully saturated rings. The van der Waals surface area contributed by atoms with Crippen molar-refractivity contribution in [2.24, 2.45) is 0 Å². The van der Waals surface area contributed by atoms with Gasteiger partial charge in [-0.2, -0.15) is 0 Å². The van der Waals surface area contributed by atoms with Crippen LogP contribution < -0.4 is 5.32 Å². The fourth-order valence-corrected chi connectivity index (χ4v) is 1.68. The predicted molar refractivity (Wildman–Crippen MR) is 63.9 cm³/mol. The van der Waals surface area contributed by atoms with Crippen molar-refractivity contribution < 1.29 is 9.90 Å². The Morgan fingerprint density at radius 3 is 2.38 bits per heavy atom. The Balaban J connectivity index is 2.84. The zero-order chi connectivity index (χ0) is 12.2. The molecule has 1 aromatic carbocycles. The van der Waals surface area contributed by atoms with E-state index in [1.807, 2.05) is 30.3 Å². The van der Waals surface area contributed by atoms with Gasteiger partial charge in [-0.1, -0.05) is 30.3 Å². The molecule has 0 saturated heterocycles. The summed E-state index contributed by atoms with van der Waals surface area (Å²) in [4.78, 5) is 11.1. The summed E-state index contributed by atoms with van der Waals surface area (Å²) in [7, 11) is 0. The third kappa shape index (κ3) is 4.45. The van der Waals surface area contributed by atoms with Crippen molar-refractivity contribution in [3.05, 3.63) is 35.9 Å². The Morgan fingerprint density at radius 2 is 1.94 bits per heavy atom. The van der Waals surface area contributed by atoms with Crippen LogP contribution in [-0.4, -0.2) is 16.6 Å². The third-order valence-electron chi connectivity index (χ3n) is 2.28. The van der Waals surface area contributed by atoms with Crippen LogP contribution in [0.4, 0.5) is 0 Å². The first-order chi connectivity index (χ1) is 7.38. The van der Waals surface area contributed by atoms with Crippen LogP contribution in [0, 0.1) is 0 Å². The third-order valence-corrected chi connectivity index (χ3v) is 2.28. The number of hydrogen-bond donors (Lipinski definition) is 2. The van der Waals surface area contributed by atoms with Crippen molar-refractivity contribution >= 4 is 5.91 Å². The number of hydrogen-bond acceptors (Lipinski definition) is 2. The highest BCUT2D eigenvalue weighted by molar-refractivity contribution is 5.73. The number of aliphatic hydroxyl groups is 1. The second-order valence-corrected chi connectivity index (χ2v) is 4.68. The normalized spacial score (nSPS) is 13.2. The Morgan fingerprint density at radius 1 is 1.38 bits per heavy atom. The molecule has 1 rings (SSSR count). The summed E-state index contributed by atoms with van der Waals surface area (Å²) < 4.78 is 0. The summed E-state index contributed by atoms with van der Waals surface area (Å²) >= 11 is 0. The van der Waals surface area contributed by atoms with Gasteiger partial charge in [0.2, 0.25) is 5.91 Å². The van der Waals surface area contributed by atoms with E-state index >= 15 is 0 Å².